The van der Waals surface area contributed by atoms with E-state index in [9.17, 15) is 43.2 Å². The quantitative estimate of drug-likeness (QED) is 0.101. The van der Waals surface area contributed by atoms with Crippen molar-refractivity contribution in [1.82, 2.24) is 19.1 Å². The van der Waals surface area contributed by atoms with Crippen LogP contribution in [0.3, 0.4) is 0 Å². The molecule has 2 aromatic rings. The maximum absolute atomic E-state index is 13.1. The van der Waals surface area contributed by atoms with E-state index in [1.807, 2.05) is 0 Å². The van der Waals surface area contributed by atoms with Gasteiger partial charge in [0.25, 0.3) is 11.1 Å². The van der Waals surface area contributed by atoms with Gasteiger partial charge in [0.2, 0.25) is 0 Å². The minimum Gasteiger partial charge on any atom is -0.405 e. The standard InChI is InChI=1S/C25H36N6O15P2/c1-41-47(37,38)42-13-19-17(9-21(45-19)31-11-15(5-3-7-27)23(34)29-25(31)36)46-48(39,40)43-12-18-16(32)8-20(44-18)30-10-14(4-2-6-26)22(33)28-24(30)35/h2-3,6-7,10-11,16-21,32H,4-5,8-9,12-13,26-27H2,1H3,(H,37,38)(H,39,40)(H,28,33,35)(H,29,34,36)/b6-2+,7-3+. The van der Waals surface area contributed by atoms with Crippen LogP contribution in [0.25, 0.3) is 0 Å². The van der Waals surface area contributed by atoms with Gasteiger partial charge in [0.05, 0.1) is 19.3 Å². The van der Waals surface area contributed by atoms with Crippen LogP contribution in [-0.4, -0.2) is 78.7 Å². The molecule has 2 saturated heterocycles. The van der Waals surface area contributed by atoms with E-state index in [0.717, 1.165) is 16.2 Å². The Kier molecular flexibility index (Phi) is 12.3. The van der Waals surface area contributed by atoms with Crippen LogP contribution >= 0.6 is 15.6 Å². The van der Waals surface area contributed by atoms with Gasteiger partial charge in [0.1, 0.15) is 30.8 Å². The molecule has 0 spiro atoms. The molecule has 266 valence electrons. The first-order valence-electron chi connectivity index (χ1n) is 14.3. The Labute approximate surface area is 270 Å². The van der Waals surface area contributed by atoms with Gasteiger partial charge in [0.15, 0.2) is 0 Å². The number of rotatable bonds is 15. The van der Waals surface area contributed by atoms with Crippen LogP contribution in [0, 0.1) is 0 Å². The number of aromatic nitrogens is 4. The number of hydrogen-bond donors (Lipinski definition) is 7. The normalized spacial score (nSPS) is 27.1. The summed E-state index contributed by atoms with van der Waals surface area (Å²) >= 11 is 0. The summed E-state index contributed by atoms with van der Waals surface area (Å²) in [5.41, 5.74) is 7.98. The topological polar surface area (TPSA) is 312 Å². The molecule has 23 heteroatoms. The molecule has 0 radical (unpaired) electrons. The van der Waals surface area contributed by atoms with Gasteiger partial charge in [-0.25, -0.2) is 18.7 Å². The Hall–Kier alpha value is -3.46. The van der Waals surface area contributed by atoms with Crippen molar-refractivity contribution in [2.24, 2.45) is 11.5 Å². The Bertz CT molecular complexity index is 1840. The summed E-state index contributed by atoms with van der Waals surface area (Å²) in [4.78, 5) is 73.9. The molecule has 4 heterocycles. The van der Waals surface area contributed by atoms with Crippen LogP contribution in [0.4, 0.5) is 0 Å². The van der Waals surface area contributed by atoms with Crippen LogP contribution < -0.4 is 34.0 Å². The zero-order valence-electron chi connectivity index (χ0n) is 25.4. The SMILES string of the molecule is COP(=O)(O)OCC1OC(n2cc(C/C=C/N)c(=O)[nH]c2=O)CC1OP(=O)(O)OCC1OC(n2cc(C/C=C/N)c(=O)[nH]c2=O)CC1O. The molecule has 4 rings (SSSR count). The predicted molar refractivity (Wildman–Crippen MR) is 163 cm³/mol. The number of phosphoric acid groups is 2. The molecule has 9 N–H and O–H groups in total. The number of aliphatic hydroxyl groups is 1. The highest BCUT2D eigenvalue weighted by Crippen LogP contribution is 2.50. The van der Waals surface area contributed by atoms with Gasteiger partial charge in [-0.05, 0) is 25.2 Å². The fraction of sp³-hybridized carbons (Fsp3) is 0.520. The van der Waals surface area contributed by atoms with Gasteiger partial charge in [-0.3, -0.25) is 46.8 Å². The van der Waals surface area contributed by atoms with E-state index in [4.69, 9.17) is 34.5 Å². The molecular formula is C25H36N6O15P2. The van der Waals surface area contributed by atoms with Crippen LogP contribution in [0.2, 0.25) is 0 Å². The first-order chi connectivity index (χ1) is 22.7. The zero-order valence-corrected chi connectivity index (χ0v) is 27.1. The molecule has 2 fully saturated rings. The fourth-order valence-corrected chi connectivity index (χ4v) is 6.32. The lowest BCUT2D eigenvalue weighted by atomic mass is 10.2. The summed E-state index contributed by atoms with van der Waals surface area (Å²) in [6.07, 6.45) is 0.0652. The first-order valence-corrected chi connectivity index (χ1v) is 17.3. The second-order valence-corrected chi connectivity index (χ2v) is 13.5. The van der Waals surface area contributed by atoms with E-state index in [-0.39, 0.29) is 36.8 Å². The molecule has 0 amide bonds. The largest absolute Gasteiger partial charge is 0.472 e. The van der Waals surface area contributed by atoms with Gasteiger partial charge in [-0.2, -0.15) is 0 Å². The lowest BCUT2D eigenvalue weighted by Crippen LogP contribution is -2.34. The van der Waals surface area contributed by atoms with Crippen LogP contribution in [0.1, 0.15) is 36.4 Å². The number of hydrogen-bond acceptors (Lipinski definition) is 15. The maximum Gasteiger partial charge on any atom is 0.472 e. The number of nitrogens with two attached hydrogens (primary N) is 2. The molecule has 21 nitrogen and oxygen atoms in total. The highest BCUT2D eigenvalue weighted by molar-refractivity contribution is 7.47. The van der Waals surface area contributed by atoms with Crippen LogP contribution in [-0.2, 0) is 49.5 Å². The Morgan fingerprint density at radius 2 is 1.33 bits per heavy atom. The lowest BCUT2D eigenvalue weighted by molar-refractivity contribution is -0.0574. The number of allylic oxidation sites excluding steroid dienone is 2. The molecule has 0 aromatic carbocycles. The first kappa shape index (κ1) is 37.4. The number of ether oxygens (including phenoxy) is 2. The summed E-state index contributed by atoms with van der Waals surface area (Å²) < 4.78 is 58.1. The molecule has 2 aliphatic rings. The molecule has 0 bridgehead atoms. The highest BCUT2D eigenvalue weighted by atomic mass is 31.2. The average Bonchev–Trinajstić information content (AvgIpc) is 3.60. The number of H-pyrrole nitrogens is 2. The van der Waals surface area contributed by atoms with Gasteiger partial charge in [-0.1, -0.05) is 12.2 Å². The monoisotopic (exact) mass is 722 g/mol. The van der Waals surface area contributed by atoms with Gasteiger partial charge in [0, 0.05) is 43.5 Å². The predicted octanol–water partition coefficient (Wildman–Crippen LogP) is -1.68. The summed E-state index contributed by atoms with van der Waals surface area (Å²) in [5.74, 6) is 0. The number of phosphoric ester groups is 2. The summed E-state index contributed by atoms with van der Waals surface area (Å²) in [5, 5.41) is 10.6. The second kappa shape index (κ2) is 15.8. The Morgan fingerprint density at radius 1 is 0.854 bits per heavy atom. The van der Waals surface area contributed by atoms with Gasteiger partial charge >= 0.3 is 27.0 Å². The summed E-state index contributed by atoms with van der Waals surface area (Å²) in [6, 6.07) is 0. The van der Waals surface area contributed by atoms with Crippen molar-refractivity contribution in [3.63, 3.8) is 0 Å². The third kappa shape index (κ3) is 9.36. The number of nitrogens with zero attached hydrogens (tertiary/aromatic N) is 2. The third-order valence-electron chi connectivity index (χ3n) is 7.34. The molecule has 2 aliphatic heterocycles. The van der Waals surface area contributed by atoms with Crippen molar-refractivity contribution in [2.45, 2.75) is 62.6 Å². The third-order valence-corrected chi connectivity index (χ3v) is 9.29. The average molecular weight is 723 g/mol. The van der Waals surface area contributed by atoms with E-state index in [1.165, 1.54) is 36.9 Å². The molecule has 0 aliphatic carbocycles. The molecule has 2 aromatic heterocycles. The molecular weight excluding hydrogens is 686 g/mol. The van der Waals surface area contributed by atoms with E-state index in [0.29, 0.717) is 0 Å². The lowest BCUT2D eigenvalue weighted by Gasteiger charge is -2.23. The van der Waals surface area contributed by atoms with E-state index < -0.39 is 88.2 Å². The minimum atomic E-state index is -5.01. The molecule has 0 saturated carbocycles. The van der Waals surface area contributed by atoms with E-state index in [2.05, 4.69) is 14.5 Å². The highest BCUT2D eigenvalue weighted by Gasteiger charge is 2.44. The van der Waals surface area contributed by atoms with Crippen molar-refractivity contribution >= 4 is 15.6 Å². The molecule has 8 atom stereocenters. The molecule has 48 heavy (non-hydrogen) atoms. The Balaban J connectivity index is 1.47. The van der Waals surface area contributed by atoms with Crippen molar-refractivity contribution in [1.29, 1.82) is 0 Å². The smallest absolute Gasteiger partial charge is 0.405 e. The number of aromatic amines is 2. The Morgan fingerprint density at radius 3 is 1.85 bits per heavy atom. The maximum atomic E-state index is 13.1. The van der Waals surface area contributed by atoms with Crippen molar-refractivity contribution < 1.29 is 51.6 Å². The minimum absolute atomic E-state index is 0.0616. The van der Waals surface area contributed by atoms with Crippen molar-refractivity contribution in [2.75, 3.05) is 20.3 Å². The summed E-state index contributed by atoms with van der Waals surface area (Å²) in [6.45, 7) is -1.40. The zero-order chi connectivity index (χ0) is 35.2. The van der Waals surface area contributed by atoms with Crippen molar-refractivity contribution in [3.05, 3.63) is 89.7 Å². The number of aliphatic hydroxyl groups excluding tert-OH is 1. The summed E-state index contributed by atoms with van der Waals surface area (Å²) in [7, 11) is -8.64. The van der Waals surface area contributed by atoms with Crippen molar-refractivity contribution in [3.8, 4) is 0 Å². The fourth-order valence-electron chi connectivity index (χ4n) is 4.92. The van der Waals surface area contributed by atoms with E-state index >= 15 is 0 Å². The van der Waals surface area contributed by atoms with Gasteiger partial charge < -0.3 is 35.8 Å². The molecule has 8 unspecified atom stereocenters. The van der Waals surface area contributed by atoms with Crippen LogP contribution in [0.15, 0.2) is 56.1 Å². The second-order valence-electron chi connectivity index (χ2n) is 10.6. The van der Waals surface area contributed by atoms with Crippen LogP contribution in [0.5, 0.6) is 0 Å². The number of nitrogens with one attached hydrogen (secondary N) is 2. The van der Waals surface area contributed by atoms with Gasteiger partial charge in [-0.15, -0.1) is 0 Å². The van der Waals surface area contributed by atoms with E-state index in [1.54, 1.807) is 0 Å².